The summed E-state index contributed by atoms with van der Waals surface area (Å²) < 4.78 is 0. The molecule has 1 aromatic carbocycles. The van der Waals surface area contributed by atoms with Gasteiger partial charge in [0.15, 0.2) is 0 Å². The Labute approximate surface area is 99.1 Å². The second kappa shape index (κ2) is 5.16. The zero-order chi connectivity index (χ0) is 12.2. The van der Waals surface area contributed by atoms with Crippen LogP contribution in [-0.2, 0) is 11.8 Å². The number of hydrogen-bond donors (Lipinski definition) is 0. The Kier molecular flexibility index (Phi) is 4.12. The zero-order valence-corrected chi connectivity index (χ0v) is 10.8. The van der Waals surface area contributed by atoms with E-state index in [9.17, 15) is 0 Å². The molecule has 0 heterocycles. The lowest BCUT2D eigenvalue weighted by Gasteiger charge is -2.20. The monoisotopic (exact) mass is 215 g/mol. The van der Waals surface area contributed by atoms with E-state index in [1.807, 2.05) is 0 Å². The van der Waals surface area contributed by atoms with Crippen molar-refractivity contribution in [2.75, 3.05) is 0 Å². The number of nitrogens with zero attached hydrogens (tertiary/aromatic N) is 1. The summed E-state index contributed by atoms with van der Waals surface area (Å²) in [7, 11) is 0. The molecule has 1 aromatic rings. The smallest absolute Gasteiger partial charge is 0.0621 e. The van der Waals surface area contributed by atoms with Crippen LogP contribution in [0, 0.1) is 18.3 Å². The highest BCUT2D eigenvalue weighted by Gasteiger charge is 2.14. The summed E-state index contributed by atoms with van der Waals surface area (Å²) in [5.74, 6) is 0. The van der Waals surface area contributed by atoms with Gasteiger partial charge >= 0.3 is 0 Å². The third kappa shape index (κ3) is 3.38. The summed E-state index contributed by atoms with van der Waals surface area (Å²) in [6.07, 6.45) is 2.64. The largest absolute Gasteiger partial charge is 0.198 e. The van der Waals surface area contributed by atoms with Crippen molar-refractivity contribution in [2.45, 2.75) is 52.4 Å². The van der Waals surface area contributed by atoms with E-state index in [2.05, 4.69) is 52.0 Å². The second-order valence-corrected chi connectivity index (χ2v) is 5.40. The van der Waals surface area contributed by atoms with Gasteiger partial charge in [-0.05, 0) is 41.9 Å². The average molecular weight is 215 g/mol. The molecule has 0 aliphatic carbocycles. The van der Waals surface area contributed by atoms with Crippen molar-refractivity contribution in [3.63, 3.8) is 0 Å². The molecule has 0 atom stereocenters. The van der Waals surface area contributed by atoms with E-state index in [1.165, 1.54) is 16.7 Å². The molecule has 0 saturated carbocycles. The van der Waals surface area contributed by atoms with Crippen molar-refractivity contribution >= 4 is 0 Å². The highest BCUT2D eigenvalue weighted by atomic mass is 14.2. The Morgan fingerprint density at radius 2 is 1.94 bits per heavy atom. The van der Waals surface area contributed by atoms with Crippen molar-refractivity contribution in [1.29, 1.82) is 5.26 Å². The van der Waals surface area contributed by atoms with Crippen LogP contribution in [0.1, 0.15) is 50.3 Å². The standard InChI is InChI=1S/C15H21N/c1-12-11-14(15(2,3)4)9-8-13(12)7-5-6-10-16/h8-9,11H,5-7H2,1-4H3. The highest BCUT2D eigenvalue weighted by Crippen LogP contribution is 2.24. The number of nitriles is 1. The van der Waals surface area contributed by atoms with Crippen molar-refractivity contribution in [3.05, 3.63) is 34.9 Å². The third-order valence-corrected chi connectivity index (χ3v) is 2.94. The van der Waals surface area contributed by atoms with Gasteiger partial charge < -0.3 is 0 Å². The van der Waals surface area contributed by atoms with Crippen molar-refractivity contribution in [1.82, 2.24) is 0 Å². The summed E-state index contributed by atoms with van der Waals surface area (Å²) >= 11 is 0. The maximum atomic E-state index is 8.51. The fourth-order valence-corrected chi connectivity index (χ4v) is 1.80. The third-order valence-electron chi connectivity index (χ3n) is 2.94. The minimum absolute atomic E-state index is 0.218. The summed E-state index contributed by atoms with van der Waals surface area (Å²) in [4.78, 5) is 0. The molecule has 0 radical (unpaired) electrons. The van der Waals surface area contributed by atoms with Gasteiger partial charge in [-0.15, -0.1) is 0 Å². The summed E-state index contributed by atoms with van der Waals surface area (Å²) in [6, 6.07) is 8.91. The Morgan fingerprint density at radius 3 is 2.44 bits per heavy atom. The van der Waals surface area contributed by atoms with E-state index in [0.717, 1.165) is 12.8 Å². The Bertz CT molecular complexity index is 391. The fraction of sp³-hybridized carbons (Fsp3) is 0.533. The number of rotatable bonds is 3. The molecule has 0 fully saturated rings. The summed E-state index contributed by atoms with van der Waals surface area (Å²) in [6.45, 7) is 8.86. The number of hydrogen-bond acceptors (Lipinski definition) is 1. The van der Waals surface area contributed by atoms with Gasteiger partial charge in [-0.3, -0.25) is 0 Å². The maximum Gasteiger partial charge on any atom is 0.0621 e. The predicted octanol–water partition coefficient (Wildman–Crippen LogP) is 4.14. The lowest BCUT2D eigenvalue weighted by Crippen LogP contribution is -2.11. The first kappa shape index (κ1) is 12.8. The molecule has 0 spiro atoms. The van der Waals surface area contributed by atoms with Gasteiger partial charge in [0.2, 0.25) is 0 Å². The molecule has 0 aromatic heterocycles. The quantitative estimate of drug-likeness (QED) is 0.695. The molecule has 0 unspecified atom stereocenters. The van der Waals surface area contributed by atoms with Gasteiger partial charge in [0.25, 0.3) is 0 Å². The molecule has 1 heteroatoms. The predicted molar refractivity (Wildman–Crippen MR) is 68.4 cm³/mol. The molecular formula is C15H21N. The number of unbranched alkanes of at least 4 members (excludes halogenated alkanes) is 1. The number of aryl methyl sites for hydroxylation is 2. The molecule has 1 rings (SSSR count). The van der Waals surface area contributed by atoms with Crippen LogP contribution >= 0.6 is 0 Å². The Hall–Kier alpha value is -1.29. The lowest BCUT2D eigenvalue weighted by molar-refractivity contribution is 0.589. The molecule has 0 bridgehead atoms. The molecule has 0 N–H and O–H groups in total. The lowest BCUT2D eigenvalue weighted by atomic mass is 9.85. The summed E-state index contributed by atoms with van der Waals surface area (Å²) in [5, 5.41) is 8.51. The van der Waals surface area contributed by atoms with E-state index in [1.54, 1.807) is 0 Å². The van der Waals surface area contributed by atoms with Crippen molar-refractivity contribution in [2.24, 2.45) is 0 Å². The summed E-state index contributed by atoms with van der Waals surface area (Å²) in [5.41, 5.74) is 4.33. The molecule has 1 nitrogen and oxygen atoms in total. The fourth-order valence-electron chi connectivity index (χ4n) is 1.80. The van der Waals surface area contributed by atoms with Crippen LogP contribution in [0.15, 0.2) is 18.2 Å². The van der Waals surface area contributed by atoms with Crippen LogP contribution < -0.4 is 0 Å². The van der Waals surface area contributed by atoms with Gasteiger partial charge in [0, 0.05) is 6.42 Å². The molecule has 0 aliphatic rings. The van der Waals surface area contributed by atoms with Gasteiger partial charge in [-0.2, -0.15) is 5.26 Å². The maximum absolute atomic E-state index is 8.51. The zero-order valence-electron chi connectivity index (χ0n) is 10.8. The molecule has 0 saturated heterocycles. The van der Waals surface area contributed by atoms with Crippen LogP contribution in [0.4, 0.5) is 0 Å². The first-order chi connectivity index (χ1) is 7.45. The molecule has 0 aliphatic heterocycles. The van der Waals surface area contributed by atoms with Gasteiger partial charge in [0.1, 0.15) is 0 Å². The SMILES string of the molecule is Cc1cc(C(C)(C)C)ccc1CCCC#N. The normalized spacial score (nSPS) is 11.2. The molecular weight excluding hydrogens is 194 g/mol. The van der Waals surface area contributed by atoms with Crippen LogP contribution in [-0.4, -0.2) is 0 Å². The Morgan fingerprint density at radius 1 is 1.25 bits per heavy atom. The van der Waals surface area contributed by atoms with E-state index < -0.39 is 0 Å². The minimum Gasteiger partial charge on any atom is -0.198 e. The van der Waals surface area contributed by atoms with Crippen LogP contribution in [0.2, 0.25) is 0 Å². The number of benzene rings is 1. The van der Waals surface area contributed by atoms with Crippen LogP contribution in [0.25, 0.3) is 0 Å². The molecule has 0 amide bonds. The van der Waals surface area contributed by atoms with Crippen LogP contribution in [0.5, 0.6) is 0 Å². The van der Waals surface area contributed by atoms with Gasteiger partial charge in [-0.1, -0.05) is 39.0 Å². The minimum atomic E-state index is 0.218. The second-order valence-electron chi connectivity index (χ2n) is 5.40. The van der Waals surface area contributed by atoms with E-state index in [4.69, 9.17) is 5.26 Å². The van der Waals surface area contributed by atoms with E-state index in [-0.39, 0.29) is 5.41 Å². The van der Waals surface area contributed by atoms with E-state index in [0.29, 0.717) is 6.42 Å². The van der Waals surface area contributed by atoms with Crippen LogP contribution in [0.3, 0.4) is 0 Å². The van der Waals surface area contributed by atoms with E-state index >= 15 is 0 Å². The highest BCUT2D eigenvalue weighted by molar-refractivity contribution is 5.34. The first-order valence-electron chi connectivity index (χ1n) is 5.92. The Balaban J connectivity index is 2.80. The molecule has 16 heavy (non-hydrogen) atoms. The van der Waals surface area contributed by atoms with Crippen molar-refractivity contribution in [3.8, 4) is 6.07 Å². The topological polar surface area (TPSA) is 23.8 Å². The van der Waals surface area contributed by atoms with Gasteiger partial charge in [-0.25, -0.2) is 0 Å². The molecule has 86 valence electrons. The van der Waals surface area contributed by atoms with Gasteiger partial charge in [0.05, 0.1) is 6.07 Å². The average Bonchev–Trinajstić information content (AvgIpc) is 2.19. The first-order valence-corrected chi connectivity index (χ1v) is 5.92. The van der Waals surface area contributed by atoms with Crippen molar-refractivity contribution < 1.29 is 0 Å².